The minimum Gasteiger partial charge on any atom is -0.354 e. The minimum atomic E-state index is 1.12. The molecular formula is C22H15NS. The van der Waals surface area contributed by atoms with Crippen LogP contribution in [0.4, 0.5) is 11.4 Å². The van der Waals surface area contributed by atoms with Crippen molar-refractivity contribution >= 4 is 53.7 Å². The van der Waals surface area contributed by atoms with Gasteiger partial charge in [-0.3, -0.25) is 0 Å². The average Bonchev–Trinajstić information content (AvgIpc) is 3.03. The second-order valence-corrected chi connectivity index (χ2v) is 6.96. The lowest BCUT2D eigenvalue weighted by atomic mass is 10.1. The Morgan fingerprint density at radius 2 is 1.29 bits per heavy atom. The molecule has 0 aliphatic rings. The van der Waals surface area contributed by atoms with E-state index >= 15 is 0 Å². The van der Waals surface area contributed by atoms with Crippen LogP contribution in [0.15, 0.2) is 84.9 Å². The van der Waals surface area contributed by atoms with Gasteiger partial charge in [-0.05, 0) is 29.0 Å². The number of thiophene rings is 1. The maximum Gasteiger partial charge on any atom is 0.0590 e. The standard InChI is InChI=1S/C22H15NS/c1-2-8-16(9-3-1)23-20-12-6-11-18-19-14-13-15-7-4-5-10-17(15)21(19)24-22(18)20/h1-14,23H. The second kappa shape index (κ2) is 5.36. The molecule has 0 fully saturated rings. The number of anilines is 2. The third-order valence-corrected chi connectivity index (χ3v) is 5.73. The van der Waals surface area contributed by atoms with E-state index in [4.69, 9.17) is 0 Å². The predicted molar refractivity (Wildman–Crippen MR) is 107 cm³/mol. The van der Waals surface area contributed by atoms with Crippen LogP contribution < -0.4 is 5.32 Å². The molecule has 0 bridgehead atoms. The Hall–Kier alpha value is -2.84. The van der Waals surface area contributed by atoms with Crippen molar-refractivity contribution in [2.45, 2.75) is 0 Å². The van der Waals surface area contributed by atoms with Gasteiger partial charge < -0.3 is 5.32 Å². The van der Waals surface area contributed by atoms with E-state index in [1.54, 1.807) is 0 Å². The summed E-state index contributed by atoms with van der Waals surface area (Å²) in [6.45, 7) is 0. The van der Waals surface area contributed by atoms with Crippen molar-refractivity contribution in [3.8, 4) is 0 Å². The molecule has 0 spiro atoms. The first-order valence-corrected chi connectivity index (χ1v) is 8.87. The highest BCUT2D eigenvalue weighted by Crippen LogP contribution is 2.41. The van der Waals surface area contributed by atoms with Crippen molar-refractivity contribution in [1.82, 2.24) is 0 Å². The van der Waals surface area contributed by atoms with Crippen LogP contribution in [0.2, 0.25) is 0 Å². The Labute approximate surface area is 144 Å². The molecule has 0 aliphatic heterocycles. The molecular weight excluding hydrogens is 310 g/mol. The van der Waals surface area contributed by atoms with Gasteiger partial charge in [0.1, 0.15) is 0 Å². The van der Waals surface area contributed by atoms with Gasteiger partial charge in [0.05, 0.1) is 10.4 Å². The summed E-state index contributed by atoms with van der Waals surface area (Å²) in [4.78, 5) is 0. The smallest absolute Gasteiger partial charge is 0.0590 e. The molecule has 0 amide bonds. The van der Waals surface area contributed by atoms with Crippen molar-refractivity contribution in [3.63, 3.8) is 0 Å². The van der Waals surface area contributed by atoms with E-state index in [1.807, 2.05) is 17.4 Å². The fourth-order valence-corrected chi connectivity index (χ4v) is 4.61. The highest BCUT2D eigenvalue weighted by Gasteiger charge is 2.11. The van der Waals surface area contributed by atoms with Gasteiger partial charge in [-0.2, -0.15) is 0 Å². The van der Waals surface area contributed by atoms with Crippen molar-refractivity contribution in [2.24, 2.45) is 0 Å². The molecule has 1 heterocycles. The van der Waals surface area contributed by atoms with Gasteiger partial charge in [-0.25, -0.2) is 0 Å². The number of fused-ring (bicyclic) bond motifs is 5. The lowest BCUT2D eigenvalue weighted by molar-refractivity contribution is 1.59. The normalized spacial score (nSPS) is 11.3. The Balaban J connectivity index is 1.79. The molecule has 0 radical (unpaired) electrons. The second-order valence-electron chi connectivity index (χ2n) is 5.94. The van der Waals surface area contributed by atoms with Gasteiger partial charge in [0.25, 0.3) is 0 Å². The molecule has 1 N–H and O–H groups in total. The molecule has 5 rings (SSSR count). The van der Waals surface area contributed by atoms with Crippen LogP contribution in [-0.4, -0.2) is 0 Å². The van der Waals surface area contributed by atoms with E-state index < -0.39 is 0 Å². The highest BCUT2D eigenvalue weighted by molar-refractivity contribution is 7.27. The van der Waals surface area contributed by atoms with Crippen molar-refractivity contribution in [1.29, 1.82) is 0 Å². The maximum atomic E-state index is 3.57. The molecule has 4 aromatic carbocycles. The zero-order valence-electron chi connectivity index (χ0n) is 13.0. The topological polar surface area (TPSA) is 12.0 Å². The molecule has 0 saturated carbocycles. The number of rotatable bonds is 2. The Kier molecular flexibility index (Phi) is 3.03. The summed E-state index contributed by atoms with van der Waals surface area (Å²) in [6.07, 6.45) is 0. The van der Waals surface area contributed by atoms with Gasteiger partial charge in [-0.15, -0.1) is 11.3 Å². The fraction of sp³-hybridized carbons (Fsp3) is 0. The molecule has 114 valence electrons. The number of para-hydroxylation sites is 1. The molecule has 1 aromatic heterocycles. The summed E-state index contributed by atoms with van der Waals surface area (Å²) in [6, 6.07) is 30.0. The lowest BCUT2D eigenvalue weighted by Crippen LogP contribution is -1.89. The Bertz CT molecular complexity index is 1170. The van der Waals surface area contributed by atoms with E-state index in [2.05, 4.69) is 84.2 Å². The Morgan fingerprint density at radius 1 is 0.542 bits per heavy atom. The molecule has 5 aromatic rings. The van der Waals surface area contributed by atoms with E-state index in [1.165, 1.54) is 36.6 Å². The molecule has 1 nitrogen and oxygen atoms in total. The zero-order valence-corrected chi connectivity index (χ0v) is 13.8. The molecule has 2 heteroatoms. The number of hydrogen-bond acceptors (Lipinski definition) is 2. The van der Waals surface area contributed by atoms with Crippen LogP contribution >= 0.6 is 11.3 Å². The average molecular weight is 325 g/mol. The quantitative estimate of drug-likeness (QED) is 0.370. The highest BCUT2D eigenvalue weighted by atomic mass is 32.1. The molecule has 0 atom stereocenters. The van der Waals surface area contributed by atoms with E-state index in [0.29, 0.717) is 0 Å². The van der Waals surface area contributed by atoms with E-state index in [9.17, 15) is 0 Å². The third-order valence-electron chi connectivity index (χ3n) is 4.44. The van der Waals surface area contributed by atoms with E-state index in [0.717, 1.165) is 5.69 Å². The monoisotopic (exact) mass is 325 g/mol. The minimum absolute atomic E-state index is 1.12. The van der Waals surface area contributed by atoms with Crippen molar-refractivity contribution in [3.05, 3.63) is 84.9 Å². The summed E-state index contributed by atoms with van der Waals surface area (Å²) in [7, 11) is 0. The zero-order chi connectivity index (χ0) is 15.9. The molecule has 0 saturated heterocycles. The Morgan fingerprint density at radius 3 is 2.21 bits per heavy atom. The van der Waals surface area contributed by atoms with Crippen molar-refractivity contribution in [2.75, 3.05) is 5.32 Å². The van der Waals surface area contributed by atoms with Crippen LogP contribution in [0.3, 0.4) is 0 Å². The first kappa shape index (κ1) is 13.6. The molecule has 24 heavy (non-hydrogen) atoms. The molecule has 0 aliphatic carbocycles. The summed E-state index contributed by atoms with van der Waals surface area (Å²) >= 11 is 1.87. The summed E-state index contributed by atoms with van der Waals surface area (Å²) in [5, 5.41) is 8.86. The van der Waals surface area contributed by atoms with Crippen LogP contribution in [0.5, 0.6) is 0 Å². The van der Waals surface area contributed by atoms with Gasteiger partial charge >= 0.3 is 0 Å². The number of benzene rings is 4. The summed E-state index contributed by atoms with van der Waals surface area (Å²) < 4.78 is 2.68. The molecule has 0 unspecified atom stereocenters. The number of nitrogens with one attached hydrogen (secondary N) is 1. The van der Waals surface area contributed by atoms with Gasteiger partial charge in [0.15, 0.2) is 0 Å². The largest absolute Gasteiger partial charge is 0.354 e. The van der Waals surface area contributed by atoms with Crippen LogP contribution in [0.1, 0.15) is 0 Å². The predicted octanol–water partition coefficient (Wildman–Crippen LogP) is 6.95. The first-order chi connectivity index (χ1) is 11.9. The third kappa shape index (κ3) is 2.08. The van der Waals surface area contributed by atoms with Gasteiger partial charge in [-0.1, -0.05) is 66.7 Å². The SMILES string of the molecule is c1ccc(Nc2cccc3c2sc2c4ccccc4ccc32)cc1. The fourth-order valence-electron chi connectivity index (χ4n) is 3.30. The lowest BCUT2D eigenvalue weighted by Gasteiger charge is -2.07. The summed E-state index contributed by atoms with van der Waals surface area (Å²) in [5.74, 6) is 0. The van der Waals surface area contributed by atoms with Gasteiger partial charge in [0.2, 0.25) is 0 Å². The van der Waals surface area contributed by atoms with Crippen LogP contribution in [0, 0.1) is 0 Å². The first-order valence-electron chi connectivity index (χ1n) is 8.05. The van der Waals surface area contributed by atoms with Crippen LogP contribution in [-0.2, 0) is 0 Å². The van der Waals surface area contributed by atoms with Crippen molar-refractivity contribution < 1.29 is 0 Å². The van der Waals surface area contributed by atoms with Crippen LogP contribution in [0.25, 0.3) is 30.9 Å². The van der Waals surface area contributed by atoms with E-state index in [-0.39, 0.29) is 0 Å². The maximum absolute atomic E-state index is 3.57. The summed E-state index contributed by atoms with van der Waals surface area (Å²) in [5.41, 5.74) is 2.29. The number of hydrogen-bond donors (Lipinski definition) is 1. The van der Waals surface area contributed by atoms with Gasteiger partial charge in [0, 0.05) is 21.2 Å².